The predicted molar refractivity (Wildman–Crippen MR) is 46.1 cm³/mol. The molecule has 0 spiro atoms. The summed E-state index contributed by atoms with van der Waals surface area (Å²) in [5.41, 5.74) is 0. The molecule has 0 aromatic carbocycles. The van der Waals surface area contributed by atoms with Crippen LogP contribution in [0.3, 0.4) is 0 Å². The molecular formula is C9H18NO2. The van der Waals surface area contributed by atoms with Gasteiger partial charge in [0.1, 0.15) is 6.73 Å². The van der Waals surface area contributed by atoms with Gasteiger partial charge in [-0.25, -0.2) is 5.11 Å². The first kappa shape index (κ1) is 9.96. The molecule has 0 aromatic rings. The topological polar surface area (TPSA) is 32.4 Å². The molecule has 0 aromatic heterocycles. The average Bonchev–Trinajstić information content (AvgIpc) is 2.16. The third-order valence-corrected chi connectivity index (χ3v) is 2.23. The second-order valence-electron chi connectivity index (χ2n) is 3.31. The molecule has 0 saturated carbocycles. The highest BCUT2D eigenvalue weighted by Crippen LogP contribution is 2.08. The summed E-state index contributed by atoms with van der Waals surface area (Å²) in [5, 5.41) is 10.9. The first-order valence-corrected chi connectivity index (χ1v) is 4.82. The molecule has 0 aliphatic carbocycles. The number of nitrogens with zero attached hydrogens (tertiary/aromatic N) is 1. The molecule has 1 saturated heterocycles. The summed E-state index contributed by atoms with van der Waals surface area (Å²) in [7, 11) is 0. The summed E-state index contributed by atoms with van der Waals surface area (Å²) in [4.78, 5) is 2.21. The highest BCUT2D eigenvalue weighted by Gasteiger charge is 2.11. The van der Waals surface area contributed by atoms with E-state index in [1.807, 2.05) is 6.92 Å². The van der Waals surface area contributed by atoms with Crippen LogP contribution in [0.4, 0.5) is 0 Å². The molecule has 71 valence electrons. The van der Waals surface area contributed by atoms with Crippen molar-refractivity contribution in [3.63, 3.8) is 0 Å². The van der Waals surface area contributed by atoms with Crippen molar-refractivity contribution < 1.29 is 9.84 Å². The van der Waals surface area contributed by atoms with E-state index in [2.05, 4.69) is 4.90 Å². The van der Waals surface area contributed by atoms with Gasteiger partial charge in [0, 0.05) is 13.1 Å². The molecule has 1 atom stereocenters. The lowest BCUT2D eigenvalue weighted by atomic mass is 10.1. The summed E-state index contributed by atoms with van der Waals surface area (Å²) >= 11 is 0. The van der Waals surface area contributed by atoms with Crippen LogP contribution >= 0.6 is 0 Å². The molecule has 3 heteroatoms. The van der Waals surface area contributed by atoms with Gasteiger partial charge in [0.2, 0.25) is 0 Å². The van der Waals surface area contributed by atoms with Gasteiger partial charge in [-0.3, -0.25) is 4.90 Å². The molecule has 1 fully saturated rings. The quantitative estimate of drug-likeness (QED) is 0.603. The average molecular weight is 172 g/mol. The van der Waals surface area contributed by atoms with Gasteiger partial charge >= 0.3 is 0 Å². The maximum absolute atomic E-state index is 10.9. The second kappa shape index (κ2) is 5.51. The van der Waals surface area contributed by atoms with Crippen LogP contribution < -0.4 is 0 Å². The fourth-order valence-electron chi connectivity index (χ4n) is 1.39. The van der Waals surface area contributed by atoms with Gasteiger partial charge in [0.15, 0.2) is 6.29 Å². The van der Waals surface area contributed by atoms with E-state index in [1.54, 1.807) is 0 Å². The fourth-order valence-corrected chi connectivity index (χ4v) is 1.39. The smallest absolute Gasteiger partial charge is 0.192 e. The van der Waals surface area contributed by atoms with E-state index in [0.717, 1.165) is 13.1 Å². The molecular weight excluding hydrogens is 154 g/mol. The zero-order valence-electron chi connectivity index (χ0n) is 7.79. The SMILES string of the molecule is CCC([O])OCN1CCCCC1. The molecule has 3 nitrogen and oxygen atoms in total. The molecule has 1 aliphatic heterocycles. The first-order chi connectivity index (χ1) is 5.83. The van der Waals surface area contributed by atoms with Crippen molar-refractivity contribution in [1.82, 2.24) is 4.90 Å². The molecule has 1 aliphatic rings. The lowest BCUT2D eigenvalue weighted by Crippen LogP contribution is -2.33. The fraction of sp³-hybridized carbons (Fsp3) is 1.00. The van der Waals surface area contributed by atoms with E-state index in [1.165, 1.54) is 19.3 Å². The van der Waals surface area contributed by atoms with Crippen molar-refractivity contribution in [2.75, 3.05) is 19.8 Å². The minimum absolute atomic E-state index is 0.530. The standard InChI is InChI=1S/C9H18NO2/c1-2-9(11)12-8-10-6-4-3-5-7-10/h9H,2-8H2,1H3. The summed E-state index contributed by atoms with van der Waals surface area (Å²) in [6.45, 7) is 4.57. The molecule has 1 heterocycles. The Bertz CT molecular complexity index is 113. The number of ether oxygens (including phenoxy) is 1. The highest BCUT2D eigenvalue weighted by atomic mass is 16.6. The van der Waals surface area contributed by atoms with Gasteiger partial charge in [0.05, 0.1) is 0 Å². The van der Waals surface area contributed by atoms with Crippen molar-refractivity contribution in [2.24, 2.45) is 0 Å². The van der Waals surface area contributed by atoms with Crippen LogP contribution in [-0.4, -0.2) is 31.0 Å². The Hall–Kier alpha value is -0.120. The monoisotopic (exact) mass is 172 g/mol. The predicted octanol–water partition coefficient (Wildman–Crippen LogP) is 1.61. The maximum Gasteiger partial charge on any atom is 0.192 e. The van der Waals surface area contributed by atoms with Crippen LogP contribution in [0.15, 0.2) is 0 Å². The lowest BCUT2D eigenvalue weighted by molar-refractivity contribution is -0.168. The van der Waals surface area contributed by atoms with Gasteiger partial charge < -0.3 is 4.74 Å². The van der Waals surface area contributed by atoms with Gasteiger partial charge in [-0.15, -0.1) is 0 Å². The number of hydrogen-bond donors (Lipinski definition) is 0. The number of rotatable bonds is 4. The molecule has 0 amide bonds. The second-order valence-corrected chi connectivity index (χ2v) is 3.31. The summed E-state index contributed by atoms with van der Waals surface area (Å²) in [5.74, 6) is 0. The van der Waals surface area contributed by atoms with E-state index in [-0.39, 0.29) is 0 Å². The Morgan fingerprint density at radius 3 is 2.58 bits per heavy atom. The van der Waals surface area contributed by atoms with Gasteiger partial charge in [-0.2, -0.15) is 0 Å². The minimum atomic E-state index is -0.827. The molecule has 1 unspecified atom stereocenters. The van der Waals surface area contributed by atoms with Crippen molar-refractivity contribution in [1.29, 1.82) is 0 Å². The van der Waals surface area contributed by atoms with Crippen molar-refractivity contribution in [2.45, 2.75) is 38.9 Å². The van der Waals surface area contributed by atoms with Crippen molar-refractivity contribution in [3.8, 4) is 0 Å². The van der Waals surface area contributed by atoms with Crippen molar-refractivity contribution >= 4 is 0 Å². The molecule has 12 heavy (non-hydrogen) atoms. The Balaban J connectivity index is 2.05. The maximum atomic E-state index is 10.9. The molecule has 1 radical (unpaired) electrons. The van der Waals surface area contributed by atoms with E-state index in [9.17, 15) is 5.11 Å². The molecule has 1 rings (SSSR count). The van der Waals surface area contributed by atoms with E-state index < -0.39 is 6.29 Å². The van der Waals surface area contributed by atoms with E-state index in [4.69, 9.17) is 4.74 Å². The summed E-state index contributed by atoms with van der Waals surface area (Å²) < 4.78 is 5.10. The highest BCUT2D eigenvalue weighted by molar-refractivity contribution is 4.60. The van der Waals surface area contributed by atoms with Crippen LogP contribution in [0.5, 0.6) is 0 Å². The molecule has 0 bridgehead atoms. The third-order valence-electron chi connectivity index (χ3n) is 2.23. The van der Waals surface area contributed by atoms with E-state index in [0.29, 0.717) is 13.2 Å². The Kier molecular flexibility index (Phi) is 4.58. The number of hydrogen-bond acceptors (Lipinski definition) is 2. The number of likely N-dealkylation sites (tertiary alicyclic amines) is 1. The zero-order chi connectivity index (χ0) is 8.81. The van der Waals surface area contributed by atoms with Gasteiger partial charge in [-0.1, -0.05) is 13.3 Å². The third kappa shape index (κ3) is 3.52. The Morgan fingerprint density at radius 1 is 1.33 bits per heavy atom. The van der Waals surface area contributed by atoms with Crippen molar-refractivity contribution in [3.05, 3.63) is 0 Å². The largest absolute Gasteiger partial charge is 0.334 e. The molecule has 0 N–H and O–H groups in total. The lowest BCUT2D eigenvalue weighted by Gasteiger charge is -2.26. The Morgan fingerprint density at radius 2 is 2.00 bits per heavy atom. The van der Waals surface area contributed by atoms with Crippen LogP contribution in [0.1, 0.15) is 32.6 Å². The van der Waals surface area contributed by atoms with Crippen LogP contribution in [0.2, 0.25) is 0 Å². The minimum Gasteiger partial charge on any atom is -0.334 e. The number of piperidine rings is 1. The first-order valence-electron chi connectivity index (χ1n) is 4.82. The van der Waals surface area contributed by atoms with Gasteiger partial charge in [-0.05, 0) is 19.3 Å². The normalized spacial score (nSPS) is 22.5. The van der Waals surface area contributed by atoms with Crippen LogP contribution in [0.25, 0.3) is 0 Å². The van der Waals surface area contributed by atoms with Crippen LogP contribution in [-0.2, 0) is 9.84 Å². The summed E-state index contributed by atoms with van der Waals surface area (Å²) in [6.07, 6.45) is 3.56. The summed E-state index contributed by atoms with van der Waals surface area (Å²) in [6, 6.07) is 0. The van der Waals surface area contributed by atoms with Crippen LogP contribution in [0, 0.1) is 0 Å². The van der Waals surface area contributed by atoms with E-state index >= 15 is 0 Å². The van der Waals surface area contributed by atoms with Gasteiger partial charge in [0.25, 0.3) is 0 Å². The zero-order valence-corrected chi connectivity index (χ0v) is 7.79. The Labute approximate surface area is 74.3 Å².